The number of thiocarbonyl (C=S) groups is 1. The smallest absolute Gasteiger partial charge is 0.285 e. The van der Waals surface area contributed by atoms with Gasteiger partial charge in [-0.3, -0.25) is 15.0 Å². The van der Waals surface area contributed by atoms with Crippen molar-refractivity contribution in [1.82, 2.24) is 10.4 Å². The van der Waals surface area contributed by atoms with Gasteiger partial charge >= 0.3 is 0 Å². The summed E-state index contributed by atoms with van der Waals surface area (Å²) in [6.45, 7) is 3.89. The highest BCUT2D eigenvalue weighted by Crippen LogP contribution is 2.32. The number of halogens is 1. The van der Waals surface area contributed by atoms with Crippen LogP contribution in [-0.4, -0.2) is 27.2 Å². The summed E-state index contributed by atoms with van der Waals surface area (Å²) in [5, 5.41) is 1.50. The molecule has 1 aliphatic rings. The first-order chi connectivity index (χ1) is 13.3. The molecule has 3 rings (SSSR count). The second-order valence-corrected chi connectivity index (χ2v) is 8.32. The number of thioether (sulfide) groups is 1. The van der Waals surface area contributed by atoms with E-state index in [0.29, 0.717) is 21.2 Å². The predicted octanol–water partition coefficient (Wildman–Crippen LogP) is 4.67. The van der Waals surface area contributed by atoms with Gasteiger partial charge in [-0.25, -0.2) is 0 Å². The molecule has 0 aliphatic carbocycles. The quantitative estimate of drug-likeness (QED) is 0.549. The number of hydrogen-bond donors (Lipinski definition) is 1. The van der Waals surface area contributed by atoms with Gasteiger partial charge in [-0.1, -0.05) is 41.6 Å². The Balaban J connectivity index is 1.76. The van der Waals surface area contributed by atoms with E-state index < -0.39 is 5.91 Å². The van der Waals surface area contributed by atoms with Gasteiger partial charge in [0.2, 0.25) is 0 Å². The topological polar surface area (TPSA) is 58.6 Å². The zero-order valence-corrected chi connectivity index (χ0v) is 17.5. The van der Waals surface area contributed by atoms with Crippen LogP contribution in [0.25, 0.3) is 6.08 Å². The number of hydrazine groups is 1. The van der Waals surface area contributed by atoms with Crippen molar-refractivity contribution >= 4 is 57.8 Å². The highest BCUT2D eigenvalue weighted by atomic mass is 35.5. The minimum Gasteiger partial charge on any atom is -0.491 e. The van der Waals surface area contributed by atoms with E-state index in [0.717, 1.165) is 22.3 Å². The fourth-order valence-electron chi connectivity index (χ4n) is 2.46. The monoisotopic (exact) mass is 432 g/mol. The molecule has 0 aromatic heterocycles. The van der Waals surface area contributed by atoms with Gasteiger partial charge in [-0.15, -0.1) is 0 Å². The van der Waals surface area contributed by atoms with Gasteiger partial charge in [0.05, 0.1) is 11.0 Å². The SMILES string of the molecule is CC(C)Oc1cccc(/C=C2/SC(=S)N(NC(=O)c3cccc(Cl)c3)C2=O)c1. The van der Waals surface area contributed by atoms with Gasteiger partial charge < -0.3 is 4.74 Å². The molecule has 1 saturated heterocycles. The molecule has 5 nitrogen and oxygen atoms in total. The second-order valence-electron chi connectivity index (χ2n) is 6.21. The van der Waals surface area contributed by atoms with Crippen LogP contribution in [0, 0.1) is 0 Å². The van der Waals surface area contributed by atoms with Crippen molar-refractivity contribution < 1.29 is 14.3 Å². The van der Waals surface area contributed by atoms with Crippen molar-refractivity contribution in [2.24, 2.45) is 0 Å². The van der Waals surface area contributed by atoms with E-state index in [-0.39, 0.29) is 16.3 Å². The number of carbonyl (C=O) groups excluding carboxylic acids is 2. The molecule has 1 heterocycles. The van der Waals surface area contributed by atoms with Gasteiger partial charge in [0, 0.05) is 10.6 Å². The summed E-state index contributed by atoms with van der Waals surface area (Å²) in [7, 11) is 0. The van der Waals surface area contributed by atoms with E-state index >= 15 is 0 Å². The van der Waals surface area contributed by atoms with Crippen LogP contribution < -0.4 is 10.2 Å². The summed E-state index contributed by atoms with van der Waals surface area (Å²) < 4.78 is 5.93. The highest BCUT2D eigenvalue weighted by molar-refractivity contribution is 8.26. The number of ether oxygens (including phenoxy) is 1. The fourth-order valence-corrected chi connectivity index (χ4v) is 3.83. The number of nitrogens with one attached hydrogen (secondary N) is 1. The molecule has 0 unspecified atom stereocenters. The second kappa shape index (κ2) is 8.77. The van der Waals surface area contributed by atoms with Crippen molar-refractivity contribution in [3.63, 3.8) is 0 Å². The Hall–Kier alpha value is -2.35. The molecule has 2 amide bonds. The minimum atomic E-state index is -0.465. The van der Waals surface area contributed by atoms with Gasteiger partial charge in [0.25, 0.3) is 11.8 Å². The minimum absolute atomic E-state index is 0.0511. The van der Waals surface area contributed by atoms with Gasteiger partial charge in [0.15, 0.2) is 4.32 Å². The Bertz CT molecular complexity index is 975. The van der Waals surface area contributed by atoms with Crippen LogP contribution in [0.5, 0.6) is 5.75 Å². The third kappa shape index (κ3) is 4.92. The number of nitrogens with zero attached hydrogens (tertiary/aromatic N) is 1. The first-order valence-electron chi connectivity index (χ1n) is 8.45. The lowest BCUT2D eigenvalue weighted by Gasteiger charge is -2.15. The molecule has 144 valence electrons. The lowest BCUT2D eigenvalue weighted by molar-refractivity contribution is -0.123. The zero-order chi connectivity index (χ0) is 20.3. The Labute approximate surface area is 177 Å². The standard InChI is InChI=1S/C20H17ClN2O3S2/c1-12(2)26-16-8-3-5-13(9-16)10-17-19(25)23(20(27)28-17)22-18(24)14-6-4-7-15(21)11-14/h3-12H,1-2H3,(H,22,24)/b17-10+. The first-order valence-corrected chi connectivity index (χ1v) is 10.0. The molecule has 28 heavy (non-hydrogen) atoms. The molecule has 0 radical (unpaired) electrons. The van der Waals surface area contributed by atoms with Crippen LogP contribution in [0.4, 0.5) is 0 Å². The molecular weight excluding hydrogens is 416 g/mol. The Morgan fingerprint density at radius 1 is 1.25 bits per heavy atom. The largest absolute Gasteiger partial charge is 0.491 e. The van der Waals surface area contributed by atoms with E-state index in [2.05, 4.69) is 5.43 Å². The third-order valence-corrected chi connectivity index (χ3v) is 5.16. The maximum Gasteiger partial charge on any atom is 0.285 e. The van der Waals surface area contributed by atoms with E-state index in [1.807, 2.05) is 38.1 Å². The average Bonchev–Trinajstić information content (AvgIpc) is 2.89. The maximum absolute atomic E-state index is 12.7. The summed E-state index contributed by atoms with van der Waals surface area (Å²) in [6, 6.07) is 13.9. The van der Waals surface area contributed by atoms with E-state index in [4.69, 9.17) is 28.6 Å². The summed E-state index contributed by atoms with van der Waals surface area (Å²) >= 11 is 12.3. The van der Waals surface area contributed by atoms with Crippen molar-refractivity contribution in [3.05, 3.63) is 69.6 Å². The third-order valence-electron chi connectivity index (χ3n) is 3.62. The molecular formula is C20H17ClN2O3S2. The average molecular weight is 433 g/mol. The molecule has 1 N–H and O–H groups in total. The van der Waals surface area contributed by atoms with Crippen LogP contribution in [0.1, 0.15) is 29.8 Å². The van der Waals surface area contributed by atoms with Crippen molar-refractivity contribution in [2.45, 2.75) is 20.0 Å². The van der Waals surface area contributed by atoms with Crippen LogP contribution >= 0.6 is 35.6 Å². The van der Waals surface area contributed by atoms with Crippen LogP contribution in [0.15, 0.2) is 53.4 Å². The Morgan fingerprint density at radius 3 is 2.71 bits per heavy atom. The molecule has 8 heteroatoms. The van der Waals surface area contributed by atoms with E-state index in [1.54, 1.807) is 24.3 Å². The molecule has 2 aromatic carbocycles. The van der Waals surface area contributed by atoms with Crippen molar-refractivity contribution in [2.75, 3.05) is 0 Å². The summed E-state index contributed by atoms with van der Waals surface area (Å²) in [5.74, 6) is -0.138. The van der Waals surface area contributed by atoms with Crippen LogP contribution in [-0.2, 0) is 4.79 Å². The molecule has 1 fully saturated rings. The predicted molar refractivity (Wildman–Crippen MR) is 116 cm³/mol. The number of amides is 2. The van der Waals surface area contributed by atoms with Gasteiger partial charge in [-0.2, -0.15) is 5.01 Å². The zero-order valence-electron chi connectivity index (χ0n) is 15.1. The lowest BCUT2D eigenvalue weighted by Crippen LogP contribution is -2.44. The number of carbonyl (C=O) groups is 2. The van der Waals surface area contributed by atoms with E-state index in [1.165, 1.54) is 6.07 Å². The molecule has 0 atom stereocenters. The number of hydrogen-bond acceptors (Lipinski definition) is 5. The van der Waals surface area contributed by atoms with Gasteiger partial charge in [0.1, 0.15) is 5.75 Å². The van der Waals surface area contributed by atoms with Crippen LogP contribution in [0.3, 0.4) is 0 Å². The summed E-state index contributed by atoms with van der Waals surface area (Å²) in [4.78, 5) is 25.5. The molecule has 1 aliphatic heterocycles. The summed E-state index contributed by atoms with van der Waals surface area (Å²) in [6.07, 6.45) is 1.77. The Morgan fingerprint density at radius 2 is 2.00 bits per heavy atom. The highest BCUT2D eigenvalue weighted by Gasteiger charge is 2.33. The molecule has 0 spiro atoms. The molecule has 2 aromatic rings. The number of benzene rings is 2. The van der Waals surface area contributed by atoms with Gasteiger partial charge in [-0.05, 0) is 68.0 Å². The maximum atomic E-state index is 12.7. The van der Waals surface area contributed by atoms with Crippen LogP contribution in [0.2, 0.25) is 5.02 Å². The number of rotatable bonds is 5. The normalized spacial score (nSPS) is 15.4. The molecule has 0 bridgehead atoms. The van der Waals surface area contributed by atoms with Crippen molar-refractivity contribution in [1.29, 1.82) is 0 Å². The molecule has 0 saturated carbocycles. The Kier molecular flexibility index (Phi) is 6.39. The van der Waals surface area contributed by atoms with Crippen molar-refractivity contribution in [3.8, 4) is 5.75 Å². The fraction of sp³-hybridized carbons (Fsp3) is 0.150. The van der Waals surface area contributed by atoms with E-state index in [9.17, 15) is 9.59 Å². The first kappa shape index (κ1) is 20.4. The summed E-state index contributed by atoms with van der Waals surface area (Å²) in [5.41, 5.74) is 3.68. The lowest BCUT2D eigenvalue weighted by atomic mass is 10.2.